The first kappa shape index (κ1) is 65.1. The van der Waals surface area contributed by atoms with Crippen LogP contribution >= 0.6 is 0 Å². The Kier molecular flexibility index (Phi) is 15.4. The summed E-state index contributed by atoms with van der Waals surface area (Å²) in [6.45, 7) is 12.4. The standard InChI is InChI=1S/C129H96BN5/c1-127(2,3)97-79-106(87-44-18-9-19-45-87)125(108(81-97)92-50-38-48-89(74-92)85-40-14-7-15-41-85)134-120-83-100(132-114-63-33-28-58-102(114)103-59-29-34-64-115(103)132)69-71-112(120)130-113-72-70-101(133-116-65-35-30-60-104(116)105-61-31-36-66-117(105)133)84-121(113)135(126-107(88-46-20-10-21-47-88)80-98(128(4,5)6)82-109(126)93-51-39-49-90(75-93)86-42-16-8-17-43-86)123-78-94(77-122(134)124(123)130)91-68-73-119-111(76-91)129(95-52-22-11-23-53-95,96-54-24-12-25-55-96)110-62-32-37-67-118(110)131(119)99-56-26-13-27-57-99/h7-84H,1-6H3/i28D,29D,30D,31D,33D,34D,35D,36D,58D,59D,60D,61D,63D,64D,65D,66D. The molecule has 0 fully saturated rings. The van der Waals surface area contributed by atoms with E-state index in [1.165, 1.54) is 0 Å². The highest BCUT2D eigenvalue weighted by Gasteiger charge is 2.50. The SMILES string of the molecule is [2H]c1c([2H])c([2H])c2c(c1[2H])c1c([2H])c([2H])c([2H])c([2H])c1n2-c1ccc2c(c1)N(c1c(-c3ccccc3)cc(C(C)(C)C)cc1-c1cccc(-c3ccccc3)c1)c1cc(-c3ccc4c(c3)C(c3ccccc3)(c3ccccc3)c3ccccc3N4c3ccccc3)cc3c1B2c1ccc(-n2c4c([2H])c([2H])c([2H])c([2H])c4c4c([2H])c([2H])c([2H])c([2H])c42)cc1N3c1c(-c2ccccc2)cc(C(C)(C)C)cc1-c1cccc(-c2ccccc2)c1. The predicted octanol–water partition coefficient (Wildman–Crippen LogP) is 32.4. The molecule has 25 rings (SSSR count). The highest BCUT2D eigenvalue weighted by molar-refractivity contribution is 7.00. The molecule has 0 amide bonds. The molecule has 5 heterocycles. The van der Waals surface area contributed by atoms with Crippen LogP contribution in [0.25, 0.3) is 133 Å². The molecule has 0 saturated heterocycles. The molecule has 2 aromatic heterocycles. The molecule has 20 aromatic carbocycles. The minimum Gasteiger partial charge on any atom is -0.310 e. The largest absolute Gasteiger partial charge is 0.310 e. The van der Waals surface area contributed by atoms with Crippen molar-refractivity contribution in [2.75, 3.05) is 14.7 Å². The van der Waals surface area contributed by atoms with Crippen LogP contribution in [0.4, 0.5) is 51.2 Å². The van der Waals surface area contributed by atoms with Crippen LogP contribution in [0.15, 0.2) is 473 Å². The van der Waals surface area contributed by atoms with Crippen LogP contribution in [-0.2, 0) is 16.2 Å². The monoisotopic (exact) mass is 1740 g/mol. The fourth-order valence-corrected chi connectivity index (χ4v) is 21.5. The normalized spacial score (nSPS) is 14.8. The van der Waals surface area contributed by atoms with Gasteiger partial charge in [0.2, 0.25) is 0 Å². The van der Waals surface area contributed by atoms with Crippen molar-refractivity contribution in [2.24, 2.45) is 0 Å². The van der Waals surface area contributed by atoms with Crippen molar-refractivity contribution in [1.29, 1.82) is 0 Å². The van der Waals surface area contributed by atoms with E-state index in [1.54, 1.807) is 9.13 Å². The van der Waals surface area contributed by atoms with Gasteiger partial charge in [-0.25, -0.2) is 0 Å². The fraction of sp³-hybridized carbons (Fsp3) is 0.0698. The Hall–Kier alpha value is -16.5. The molecule has 3 aliphatic heterocycles. The maximum Gasteiger partial charge on any atom is 0.252 e. The van der Waals surface area contributed by atoms with Crippen molar-refractivity contribution in [2.45, 2.75) is 57.8 Å². The lowest BCUT2D eigenvalue weighted by Gasteiger charge is -2.47. The van der Waals surface area contributed by atoms with Gasteiger partial charge in [0, 0.05) is 83.6 Å². The van der Waals surface area contributed by atoms with E-state index in [2.05, 4.69) is 341 Å². The average Bonchev–Trinajstić information content (AvgIpc) is 0.772. The molecule has 0 aliphatic carbocycles. The molecule has 22 aromatic rings. The van der Waals surface area contributed by atoms with Gasteiger partial charge in [0.05, 0.1) is 72.2 Å². The lowest BCUT2D eigenvalue weighted by Crippen LogP contribution is -2.61. The summed E-state index contributed by atoms with van der Waals surface area (Å²) in [4.78, 5) is 7.15. The van der Waals surface area contributed by atoms with E-state index in [1.807, 2.05) is 91.0 Å². The summed E-state index contributed by atoms with van der Waals surface area (Å²) in [5, 5.41) is -0.393. The summed E-state index contributed by atoms with van der Waals surface area (Å²) in [5.74, 6) is 0. The molecule has 0 unspecified atom stereocenters. The van der Waals surface area contributed by atoms with Crippen molar-refractivity contribution in [1.82, 2.24) is 9.13 Å². The predicted molar refractivity (Wildman–Crippen MR) is 571 cm³/mol. The van der Waals surface area contributed by atoms with Gasteiger partial charge in [-0.2, -0.15) is 0 Å². The second-order valence-corrected chi connectivity index (χ2v) is 37.5. The number of nitrogens with zero attached hydrogens (tertiary/aromatic N) is 5. The van der Waals surface area contributed by atoms with Crippen molar-refractivity contribution < 1.29 is 21.9 Å². The van der Waals surface area contributed by atoms with Crippen LogP contribution in [0.2, 0.25) is 0 Å². The van der Waals surface area contributed by atoms with E-state index >= 15 is 0 Å². The zero-order chi connectivity index (χ0) is 104. The summed E-state index contributed by atoms with van der Waals surface area (Å²) >= 11 is 0. The molecule has 135 heavy (non-hydrogen) atoms. The quantitative estimate of drug-likeness (QED) is 0.101. The molecule has 3 aliphatic rings. The second kappa shape index (κ2) is 31.9. The average molecular weight is 1740 g/mol. The lowest BCUT2D eigenvalue weighted by atomic mass is 9.33. The summed E-state index contributed by atoms with van der Waals surface area (Å²) in [7, 11) is 0. The number of hydrogen-bond acceptors (Lipinski definition) is 3. The number of fused-ring (bicyclic) bond motifs is 12. The number of hydrogen-bond donors (Lipinski definition) is 0. The van der Waals surface area contributed by atoms with Crippen molar-refractivity contribution in [3.05, 3.63) is 506 Å². The summed E-state index contributed by atoms with van der Waals surface area (Å²) in [6.07, 6.45) is 0. The van der Waals surface area contributed by atoms with E-state index < -0.39 is 120 Å². The van der Waals surface area contributed by atoms with E-state index in [0.29, 0.717) is 50.6 Å². The van der Waals surface area contributed by atoms with Crippen molar-refractivity contribution in [3.8, 4) is 89.3 Å². The smallest absolute Gasteiger partial charge is 0.252 e. The van der Waals surface area contributed by atoms with E-state index in [0.717, 1.165) is 128 Å². The van der Waals surface area contributed by atoms with Crippen LogP contribution in [0.3, 0.4) is 0 Å². The fourth-order valence-electron chi connectivity index (χ4n) is 21.5. The van der Waals surface area contributed by atoms with Gasteiger partial charge in [0.25, 0.3) is 6.71 Å². The minimum absolute atomic E-state index is 0.0797. The van der Waals surface area contributed by atoms with Crippen molar-refractivity contribution >= 4 is 118 Å². The third kappa shape index (κ3) is 13.1. The van der Waals surface area contributed by atoms with Gasteiger partial charge in [-0.3, -0.25) is 0 Å². The highest BCUT2D eigenvalue weighted by Crippen LogP contribution is 2.61. The maximum absolute atomic E-state index is 10.2. The van der Waals surface area contributed by atoms with Crippen LogP contribution in [0.1, 0.15) is 96.9 Å². The molecule has 0 saturated carbocycles. The summed E-state index contributed by atoms with van der Waals surface area (Å²) in [5.41, 5.74) is 25.0. The molecule has 0 bridgehead atoms. The van der Waals surface area contributed by atoms with Gasteiger partial charge in [-0.05, 0) is 244 Å². The molecule has 5 nitrogen and oxygen atoms in total. The molecular formula is C129H96BN5. The first-order valence-electron chi connectivity index (χ1n) is 54.0. The van der Waals surface area contributed by atoms with Gasteiger partial charge in [-0.15, -0.1) is 0 Å². The Labute approximate surface area is 812 Å². The first-order chi connectivity index (χ1) is 72.9. The van der Waals surface area contributed by atoms with Crippen LogP contribution in [0, 0.1) is 0 Å². The lowest BCUT2D eigenvalue weighted by molar-refractivity contribution is 0.590. The van der Waals surface area contributed by atoms with Crippen LogP contribution < -0.4 is 31.1 Å². The first-order valence-corrected chi connectivity index (χ1v) is 46.0. The van der Waals surface area contributed by atoms with Crippen molar-refractivity contribution in [3.63, 3.8) is 0 Å². The van der Waals surface area contributed by atoms with E-state index in [4.69, 9.17) is 0 Å². The van der Waals surface area contributed by atoms with Gasteiger partial charge < -0.3 is 23.8 Å². The Bertz CT molecular complexity index is 8870. The van der Waals surface area contributed by atoms with Gasteiger partial charge >= 0.3 is 0 Å². The zero-order valence-corrected chi connectivity index (χ0v) is 75.1. The molecule has 6 heteroatoms. The molecule has 640 valence electrons. The highest BCUT2D eigenvalue weighted by atomic mass is 15.2. The summed E-state index contributed by atoms with van der Waals surface area (Å²) in [6, 6.07) is 124. The number of benzene rings is 20. The Morgan fingerprint density at radius 2 is 0.578 bits per heavy atom. The summed E-state index contributed by atoms with van der Waals surface area (Å²) < 4.78 is 160. The van der Waals surface area contributed by atoms with E-state index in [-0.39, 0.29) is 55.0 Å². The number of anilines is 9. The Balaban J connectivity index is 0.923. The topological polar surface area (TPSA) is 19.6 Å². The Morgan fingerprint density at radius 1 is 0.237 bits per heavy atom. The van der Waals surface area contributed by atoms with Gasteiger partial charge in [0.15, 0.2) is 0 Å². The molecule has 0 N–H and O–H groups in total. The van der Waals surface area contributed by atoms with Gasteiger partial charge in [-0.1, -0.05) is 387 Å². The van der Waals surface area contributed by atoms with E-state index in [9.17, 15) is 21.9 Å². The third-order valence-electron chi connectivity index (χ3n) is 27.7. The molecule has 0 spiro atoms. The second-order valence-electron chi connectivity index (χ2n) is 37.5. The van der Waals surface area contributed by atoms with Crippen LogP contribution in [0.5, 0.6) is 0 Å². The third-order valence-corrected chi connectivity index (χ3v) is 27.7. The number of aromatic nitrogens is 2. The molecule has 0 radical (unpaired) electrons. The molecule has 0 atom stereocenters. The Morgan fingerprint density at radius 3 is 0.993 bits per heavy atom. The molecular weight excluding hydrogens is 1630 g/mol. The van der Waals surface area contributed by atoms with Gasteiger partial charge in [0.1, 0.15) is 0 Å². The maximum atomic E-state index is 10.2. The number of rotatable bonds is 14. The zero-order valence-electron chi connectivity index (χ0n) is 91.1. The van der Waals surface area contributed by atoms with Crippen LogP contribution in [-0.4, -0.2) is 15.8 Å². The number of para-hydroxylation sites is 6. The minimum atomic E-state index is -1.06.